The van der Waals surface area contributed by atoms with Gasteiger partial charge in [0.25, 0.3) is 0 Å². The molecule has 0 fully saturated rings. The largest absolute Gasteiger partial charge is 0.460 e. The van der Waals surface area contributed by atoms with E-state index in [0.29, 0.717) is 12.3 Å². The molecule has 3 nitrogen and oxygen atoms in total. The molecule has 0 rings (SSSR count). The zero-order valence-electron chi connectivity index (χ0n) is 8.55. The van der Waals surface area contributed by atoms with Crippen LogP contribution in [0.25, 0.3) is 0 Å². The standard InChI is InChI=1S/C10H17ClO3/c1-2-14-10(13)9(12)7-5-3-4-6-8-11/h2-8H2,1H3. The van der Waals surface area contributed by atoms with Crippen molar-refractivity contribution in [3.63, 3.8) is 0 Å². The number of carbonyl (C=O) groups excluding carboxylic acids is 2. The third-order valence-electron chi connectivity index (χ3n) is 1.79. The molecule has 0 saturated carbocycles. The van der Waals surface area contributed by atoms with Crippen molar-refractivity contribution < 1.29 is 14.3 Å². The maximum atomic E-state index is 11.1. The van der Waals surface area contributed by atoms with Gasteiger partial charge in [-0.1, -0.05) is 12.8 Å². The van der Waals surface area contributed by atoms with Crippen molar-refractivity contribution in [2.45, 2.75) is 39.0 Å². The van der Waals surface area contributed by atoms with Crippen LogP contribution in [0.1, 0.15) is 39.0 Å². The van der Waals surface area contributed by atoms with Crippen molar-refractivity contribution in [3.8, 4) is 0 Å². The highest BCUT2D eigenvalue weighted by Crippen LogP contribution is 2.04. The molecule has 0 atom stereocenters. The van der Waals surface area contributed by atoms with Gasteiger partial charge in [0.15, 0.2) is 0 Å². The van der Waals surface area contributed by atoms with Crippen LogP contribution in [-0.2, 0) is 14.3 Å². The van der Waals surface area contributed by atoms with Gasteiger partial charge in [-0.2, -0.15) is 0 Å². The molecule has 0 aliphatic rings. The van der Waals surface area contributed by atoms with Crippen LogP contribution >= 0.6 is 11.6 Å². The zero-order valence-corrected chi connectivity index (χ0v) is 9.31. The van der Waals surface area contributed by atoms with Gasteiger partial charge >= 0.3 is 5.97 Å². The van der Waals surface area contributed by atoms with E-state index in [0.717, 1.165) is 25.7 Å². The number of alkyl halides is 1. The second-order valence-electron chi connectivity index (χ2n) is 3.00. The number of Topliss-reactive ketones (excluding diaryl/α,β-unsaturated/α-hetero) is 1. The molecule has 0 aromatic carbocycles. The molecule has 0 heterocycles. The second-order valence-corrected chi connectivity index (χ2v) is 3.37. The third kappa shape index (κ3) is 6.89. The summed E-state index contributed by atoms with van der Waals surface area (Å²) >= 11 is 5.49. The first-order chi connectivity index (χ1) is 6.72. The number of hydrogen-bond donors (Lipinski definition) is 0. The molecule has 0 aromatic rings. The molecule has 0 aliphatic carbocycles. The van der Waals surface area contributed by atoms with Crippen LogP contribution in [0.3, 0.4) is 0 Å². The Labute approximate surface area is 89.8 Å². The number of rotatable bonds is 8. The average molecular weight is 221 g/mol. The number of ether oxygens (including phenoxy) is 1. The summed E-state index contributed by atoms with van der Waals surface area (Å²) in [7, 11) is 0. The van der Waals surface area contributed by atoms with Crippen LogP contribution < -0.4 is 0 Å². The highest BCUT2D eigenvalue weighted by atomic mass is 35.5. The number of hydrogen-bond acceptors (Lipinski definition) is 3. The number of unbranched alkanes of at least 4 members (excludes halogenated alkanes) is 3. The number of halogens is 1. The minimum absolute atomic E-state index is 0.261. The van der Waals surface area contributed by atoms with Gasteiger partial charge in [-0.05, 0) is 19.8 Å². The Bertz CT molecular complexity index is 180. The summed E-state index contributed by atoms with van der Waals surface area (Å²) in [5.74, 6) is -0.464. The fraction of sp³-hybridized carbons (Fsp3) is 0.800. The van der Waals surface area contributed by atoms with E-state index in [4.69, 9.17) is 11.6 Å². The molecule has 0 saturated heterocycles. The topological polar surface area (TPSA) is 43.4 Å². The van der Waals surface area contributed by atoms with Crippen molar-refractivity contribution in [1.29, 1.82) is 0 Å². The lowest BCUT2D eigenvalue weighted by molar-refractivity contribution is -0.153. The van der Waals surface area contributed by atoms with E-state index >= 15 is 0 Å². The average Bonchev–Trinajstić information content (AvgIpc) is 2.17. The number of ketones is 1. The van der Waals surface area contributed by atoms with Gasteiger partial charge in [0.2, 0.25) is 5.78 Å². The summed E-state index contributed by atoms with van der Waals surface area (Å²) in [5.41, 5.74) is 0. The van der Waals surface area contributed by atoms with E-state index in [1.165, 1.54) is 0 Å². The Morgan fingerprint density at radius 1 is 1.14 bits per heavy atom. The fourth-order valence-corrected chi connectivity index (χ4v) is 1.24. The third-order valence-corrected chi connectivity index (χ3v) is 2.06. The van der Waals surface area contributed by atoms with E-state index in [9.17, 15) is 9.59 Å². The van der Waals surface area contributed by atoms with E-state index in [2.05, 4.69) is 4.74 Å². The van der Waals surface area contributed by atoms with Crippen molar-refractivity contribution in [2.75, 3.05) is 12.5 Å². The molecule has 0 amide bonds. The van der Waals surface area contributed by atoms with E-state index in [1.807, 2.05) is 0 Å². The molecule has 14 heavy (non-hydrogen) atoms. The molecule has 0 spiro atoms. The van der Waals surface area contributed by atoms with Crippen LogP contribution in [0, 0.1) is 0 Å². The fourth-order valence-electron chi connectivity index (χ4n) is 1.05. The quantitative estimate of drug-likeness (QED) is 0.273. The summed E-state index contributed by atoms with van der Waals surface area (Å²) < 4.78 is 4.57. The number of carbonyl (C=O) groups is 2. The molecule has 0 N–H and O–H groups in total. The van der Waals surface area contributed by atoms with Gasteiger partial charge in [0.1, 0.15) is 0 Å². The van der Waals surface area contributed by atoms with Crippen LogP contribution in [0.15, 0.2) is 0 Å². The molecule has 0 aromatic heterocycles. The Kier molecular flexibility index (Phi) is 8.64. The SMILES string of the molecule is CCOC(=O)C(=O)CCCCCCCl. The first-order valence-corrected chi connectivity index (χ1v) is 5.51. The first-order valence-electron chi connectivity index (χ1n) is 4.98. The maximum Gasteiger partial charge on any atom is 0.374 e. The van der Waals surface area contributed by atoms with Crippen molar-refractivity contribution in [1.82, 2.24) is 0 Å². The van der Waals surface area contributed by atoms with Crippen molar-refractivity contribution in [3.05, 3.63) is 0 Å². The predicted molar refractivity (Wildman–Crippen MR) is 55.4 cm³/mol. The van der Waals surface area contributed by atoms with Gasteiger partial charge < -0.3 is 4.74 Å². The zero-order chi connectivity index (χ0) is 10.8. The molecule has 4 heteroatoms. The van der Waals surface area contributed by atoms with Crippen LogP contribution in [-0.4, -0.2) is 24.2 Å². The predicted octanol–water partition coefficient (Wildman–Crippen LogP) is 2.31. The molecular formula is C10H17ClO3. The minimum Gasteiger partial charge on any atom is -0.460 e. The van der Waals surface area contributed by atoms with Gasteiger partial charge in [-0.3, -0.25) is 4.79 Å². The Hall–Kier alpha value is -0.570. The maximum absolute atomic E-state index is 11.1. The lowest BCUT2D eigenvalue weighted by atomic mass is 10.1. The molecular weight excluding hydrogens is 204 g/mol. The minimum atomic E-state index is -0.704. The molecule has 0 bridgehead atoms. The highest BCUT2D eigenvalue weighted by Gasteiger charge is 2.13. The van der Waals surface area contributed by atoms with Crippen molar-refractivity contribution >= 4 is 23.4 Å². The highest BCUT2D eigenvalue weighted by molar-refractivity contribution is 6.33. The molecule has 82 valence electrons. The molecule has 0 aliphatic heterocycles. The van der Waals surface area contributed by atoms with Crippen LogP contribution in [0.2, 0.25) is 0 Å². The Morgan fingerprint density at radius 2 is 1.79 bits per heavy atom. The Balaban J connectivity index is 3.39. The van der Waals surface area contributed by atoms with E-state index in [-0.39, 0.29) is 6.61 Å². The lowest BCUT2D eigenvalue weighted by Crippen LogP contribution is -2.16. The molecule has 0 radical (unpaired) electrons. The van der Waals surface area contributed by atoms with Crippen LogP contribution in [0.4, 0.5) is 0 Å². The van der Waals surface area contributed by atoms with Gasteiger partial charge in [0.05, 0.1) is 6.61 Å². The first kappa shape index (κ1) is 13.4. The van der Waals surface area contributed by atoms with Gasteiger partial charge in [-0.25, -0.2) is 4.79 Å². The van der Waals surface area contributed by atoms with Gasteiger partial charge in [0, 0.05) is 12.3 Å². The molecule has 0 unspecified atom stereocenters. The van der Waals surface area contributed by atoms with E-state index in [1.54, 1.807) is 6.92 Å². The number of esters is 1. The normalized spacial score (nSPS) is 9.86. The van der Waals surface area contributed by atoms with Crippen LogP contribution in [0.5, 0.6) is 0 Å². The summed E-state index contributed by atoms with van der Waals surface area (Å²) in [5, 5.41) is 0. The Morgan fingerprint density at radius 3 is 2.36 bits per heavy atom. The monoisotopic (exact) mass is 220 g/mol. The summed E-state index contributed by atoms with van der Waals surface area (Å²) in [6.45, 7) is 1.95. The smallest absolute Gasteiger partial charge is 0.374 e. The second kappa shape index (κ2) is 9.00. The summed E-state index contributed by atoms with van der Waals surface area (Å²) in [4.78, 5) is 21.9. The van der Waals surface area contributed by atoms with Crippen molar-refractivity contribution in [2.24, 2.45) is 0 Å². The van der Waals surface area contributed by atoms with Gasteiger partial charge in [-0.15, -0.1) is 11.6 Å². The summed E-state index contributed by atoms with van der Waals surface area (Å²) in [6, 6.07) is 0. The van der Waals surface area contributed by atoms with E-state index < -0.39 is 11.8 Å². The summed E-state index contributed by atoms with van der Waals surface area (Å²) in [6.07, 6.45) is 3.96. The lowest BCUT2D eigenvalue weighted by Gasteiger charge is -2.00.